The SMILES string of the molecule is CCN(c1cc(C#CCN2CC(O)C2)cc(C(=O)NCC2C(=O)NC(C)CC2C(C)C)c1C)C1CCC(N(C)C)CC1. The minimum absolute atomic E-state index is 0.0337. The monoisotopic (exact) mass is 579 g/mol. The molecule has 2 heterocycles. The highest BCUT2D eigenvalue weighted by atomic mass is 16.3. The van der Waals surface area contributed by atoms with Crippen LogP contribution in [0.5, 0.6) is 0 Å². The summed E-state index contributed by atoms with van der Waals surface area (Å²) in [6.45, 7) is 13.7. The average molecular weight is 580 g/mol. The van der Waals surface area contributed by atoms with E-state index in [9.17, 15) is 14.7 Å². The number of rotatable bonds is 9. The lowest BCUT2D eigenvalue weighted by Gasteiger charge is -2.40. The van der Waals surface area contributed by atoms with Crippen molar-refractivity contribution in [3.8, 4) is 11.8 Å². The minimum Gasteiger partial charge on any atom is -0.390 e. The number of piperidine rings is 1. The Morgan fingerprint density at radius 3 is 2.43 bits per heavy atom. The lowest BCUT2D eigenvalue weighted by molar-refractivity contribution is -0.130. The maximum Gasteiger partial charge on any atom is 0.251 e. The van der Waals surface area contributed by atoms with E-state index >= 15 is 0 Å². The molecule has 1 aromatic rings. The Kier molecular flexibility index (Phi) is 11.0. The maximum absolute atomic E-state index is 13.8. The Labute approximate surface area is 253 Å². The third kappa shape index (κ3) is 7.67. The highest BCUT2D eigenvalue weighted by Crippen LogP contribution is 2.34. The fourth-order valence-corrected chi connectivity index (χ4v) is 7.20. The van der Waals surface area contributed by atoms with Crippen LogP contribution in [-0.4, -0.2) is 97.8 Å². The van der Waals surface area contributed by atoms with Crippen LogP contribution in [0.1, 0.15) is 81.3 Å². The molecule has 4 rings (SSSR count). The standard InChI is InChI=1S/C34H53N5O3/c1-8-39(27-13-11-26(12-14-27)37(6)7)32-18-25(10-9-15-38-20-28(40)21-38)17-30(24(32)5)33(41)35-19-31-29(22(2)3)16-23(4)36-34(31)42/h17-18,22-23,26-29,31,40H,8,11-16,19-21H2,1-7H3,(H,35,41)(H,36,42). The Morgan fingerprint density at radius 1 is 1.17 bits per heavy atom. The molecule has 8 nitrogen and oxygen atoms in total. The van der Waals surface area contributed by atoms with E-state index in [1.165, 1.54) is 12.8 Å². The number of hydrogen-bond acceptors (Lipinski definition) is 6. The summed E-state index contributed by atoms with van der Waals surface area (Å²) in [4.78, 5) is 33.6. The van der Waals surface area contributed by atoms with Crippen LogP contribution in [0.15, 0.2) is 12.1 Å². The second-order valence-electron chi connectivity index (χ2n) is 13.4. The van der Waals surface area contributed by atoms with Gasteiger partial charge in [-0.2, -0.15) is 0 Å². The molecule has 232 valence electrons. The molecular weight excluding hydrogens is 526 g/mol. The first-order valence-electron chi connectivity index (χ1n) is 16.0. The molecule has 1 aromatic carbocycles. The third-order valence-electron chi connectivity index (χ3n) is 9.79. The van der Waals surface area contributed by atoms with Gasteiger partial charge in [-0.05, 0) is 96.5 Å². The Bertz CT molecular complexity index is 1160. The molecule has 0 aromatic heterocycles. The predicted octanol–water partition coefficient (Wildman–Crippen LogP) is 3.25. The van der Waals surface area contributed by atoms with Crippen molar-refractivity contribution in [1.29, 1.82) is 0 Å². The summed E-state index contributed by atoms with van der Waals surface area (Å²) in [7, 11) is 4.34. The van der Waals surface area contributed by atoms with E-state index in [0.717, 1.165) is 42.6 Å². The van der Waals surface area contributed by atoms with Gasteiger partial charge >= 0.3 is 0 Å². The molecule has 2 aliphatic heterocycles. The highest BCUT2D eigenvalue weighted by Gasteiger charge is 2.37. The molecule has 1 saturated carbocycles. The molecule has 1 aliphatic carbocycles. The molecule has 3 atom stereocenters. The number of aliphatic hydroxyl groups is 1. The number of nitrogens with one attached hydrogen (secondary N) is 2. The summed E-state index contributed by atoms with van der Waals surface area (Å²) in [6.07, 6.45) is 5.25. The van der Waals surface area contributed by atoms with Gasteiger partial charge in [-0.3, -0.25) is 14.5 Å². The van der Waals surface area contributed by atoms with Crippen LogP contribution in [0.3, 0.4) is 0 Å². The van der Waals surface area contributed by atoms with Gasteiger partial charge in [-0.15, -0.1) is 0 Å². The van der Waals surface area contributed by atoms with Crippen LogP contribution in [0.25, 0.3) is 0 Å². The summed E-state index contributed by atoms with van der Waals surface area (Å²) in [5.74, 6) is 6.82. The van der Waals surface area contributed by atoms with E-state index < -0.39 is 0 Å². The molecular formula is C34H53N5O3. The van der Waals surface area contributed by atoms with E-state index in [1.54, 1.807) is 0 Å². The smallest absolute Gasteiger partial charge is 0.251 e. The fourth-order valence-electron chi connectivity index (χ4n) is 7.20. The molecule has 0 spiro atoms. The number of aliphatic hydroxyl groups excluding tert-OH is 1. The number of carbonyl (C=O) groups is 2. The van der Waals surface area contributed by atoms with Gasteiger partial charge in [0.25, 0.3) is 5.91 Å². The number of hydrogen-bond donors (Lipinski definition) is 3. The first-order chi connectivity index (χ1) is 20.0. The van der Waals surface area contributed by atoms with Crippen molar-refractivity contribution in [2.75, 3.05) is 51.7 Å². The summed E-state index contributed by atoms with van der Waals surface area (Å²) in [6, 6.07) is 5.26. The van der Waals surface area contributed by atoms with E-state index in [2.05, 4.69) is 85.0 Å². The Morgan fingerprint density at radius 2 is 1.83 bits per heavy atom. The number of amides is 2. The lowest BCUT2D eigenvalue weighted by Crippen LogP contribution is -2.52. The average Bonchev–Trinajstić information content (AvgIpc) is 2.93. The van der Waals surface area contributed by atoms with Crippen molar-refractivity contribution in [1.82, 2.24) is 20.4 Å². The zero-order chi connectivity index (χ0) is 30.6. The number of nitrogens with zero attached hydrogens (tertiary/aromatic N) is 3. The summed E-state index contributed by atoms with van der Waals surface area (Å²) in [5.41, 5.74) is 3.49. The van der Waals surface area contributed by atoms with Crippen molar-refractivity contribution < 1.29 is 14.7 Å². The molecule has 2 saturated heterocycles. The topological polar surface area (TPSA) is 88.1 Å². The van der Waals surface area contributed by atoms with Crippen molar-refractivity contribution >= 4 is 17.5 Å². The maximum atomic E-state index is 13.8. The molecule has 8 heteroatoms. The van der Waals surface area contributed by atoms with Gasteiger partial charge in [0, 0.05) is 61.1 Å². The normalized spacial score (nSPS) is 26.8. The second kappa shape index (κ2) is 14.2. The van der Waals surface area contributed by atoms with Crippen molar-refractivity contribution in [2.45, 2.75) is 91.0 Å². The van der Waals surface area contributed by atoms with Gasteiger partial charge in [0.05, 0.1) is 18.6 Å². The van der Waals surface area contributed by atoms with Crippen molar-refractivity contribution in [3.05, 3.63) is 28.8 Å². The largest absolute Gasteiger partial charge is 0.390 e. The van der Waals surface area contributed by atoms with Gasteiger partial charge in [0.2, 0.25) is 5.91 Å². The van der Waals surface area contributed by atoms with Crippen molar-refractivity contribution in [2.24, 2.45) is 17.8 Å². The van der Waals surface area contributed by atoms with Gasteiger partial charge < -0.3 is 25.5 Å². The zero-order valence-corrected chi connectivity index (χ0v) is 26.9. The van der Waals surface area contributed by atoms with Crippen LogP contribution in [0, 0.1) is 36.5 Å². The van der Waals surface area contributed by atoms with Crippen LogP contribution < -0.4 is 15.5 Å². The first-order valence-corrected chi connectivity index (χ1v) is 16.0. The molecule has 3 fully saturated rings. The summed E-state index contributed by atoms with van der Waals surface area (Å²) < 4.78 is 0. The zero-order valence-electron chi connectivity index (χ0n) is 26.9. The van der Waals surface area contributed by atoms with Crippen LogP contribution in [0.2, 0.25) is 0 Å². The summed E-state index contributed by atoms with van der Waals surface area (Å²) >= 11 is 0. The third-order valence-corrected chi connectivity index (χ3v) is 9.79. The Hall–Kier alpha value is -2.60. The summed E-state index contributed by atoms with van der Waals surface area (Å²) in [5, 5.41) is 15.8. The number of β-amino-alcohol motifs (C(OH)–C–C–N with tert-alkyl or cyclic N) is 1. The van der Waals surface area contributed by atoms with Crippen LogP contribution in [0.4, 0.5) is 5.69 Å². The van der Waals surface area contributed by atoms with E-state index in [0.29, 0.717) is 49.7 Å². The Balaban J connectivity index is 1.58. The predicted molar refractivity (Wildman–Crippen MR) is 170 cm³/mol. The van der Waals surface area contributed by atoms with Crippen molar-refractivity contribution in [3.63, 3.8) is 0 Å². The molecule has 3 N–H and O–H groups in total. The van der Waals surface area contributed by atoms with Crippen LogP contribution >= 0.6 is 0 Å². The molecule has 3 unspecified atom stereocenters. The highest BCUT2D eigenvalue weighted by molar-refractivity contribution is 5.98. The fraction of sp³-hybridized carbons (Fsp3) is 0.706. The molecule has 3 aliphatic rings. The number of anilines is 1. The number of likely N-dealkylation sites (tertiary alicyclic amines) is 1. The number of carbonyl (C=O) groups excluding carboxylic acids is 2. The van der Waals surface area contributed by atoms with E-state index in [1.807, 2.05) is 13.0 Å². The minimum atomic E-state index is -0.251. The van der Waals surface area contributed by atoms with Gasteiger partial charge in [0.1, 0.15) is 0 Å². The molecule has 2 amide bonds. The van der Waals surface area contributed by atoms with Crippen LogP contribution in [-0.2, 0) is 4.79 Å². The molecule has 0 radical (unpaired) electrons. The molecule has 0 bridgehead atoms. The lowest BCUT2D eigenvalue weighted by atomic mass is 9.76. The van der Waals surface area contributed by atoms with E-state index in [4.69, 9.17) is 0 Å². The van der Waals surface area contributed by atoms with Gasteiger partial charge in [-0.25, -0.2) is 0 Å². The van der Waals surface area contributed by atoms with E-state index in [-0.39, 0.29) is 35.8 Å². The first kappa shape index (κ1) is 32.3. The van der Waals surface area contributed by atoms with Gasteiger partial charge in [0.15, 0.2) is 0 Å². The second-order valence-corrected chi connectivity index (χ2v) is 13.4. The quantitative estimate of drug-likeness (QED) is 0.390. The molecule has 42 heavy (non-hydrogen) atoms. The number of benzene rings is 1. The van der Waals surface area contributed by atoms with Gasteiger partial charge in [-0.1, -0.05) is 25.7 Å².